The van der Waals surface area contributed by atoms with E-state index in [-0.39, 0.29) is 17.9 Å². The lowest BCUT2D eigenvalue weighted by Crippen LogP contribution is -2.44. The van der Waals surface area contributed by atoms with E-state index in [1.54, 1.807) is 14.2 Å². The second kappa shape index (κ2) is 10.3. The molecule has 2 aromatic carbocycles. The highest BCUT2D eigenvalue weighted by Gasteiger charge is 2.38. The second-order valence-corrected chi connectivity index (χ2v) is 8.81. The summed E-state index contributed by atoms with van der Waals surface area (Å²) in [5.41, 5.74) is 3.02. The molecule has 0 unspecified atom stereocenters. The lowest BCUT2D eigenvalue weighted by molar-refractivity contribution is -0.123. The standard InChI is InChI=1S/C26H32N2O5/c1-31-21-8-7-18(15-22(21)32-2)16-26(13-10-25(30)28-26)12-9-24(29)27-17-23-20-6-4-3-5-19(20)11-14-33-23/h3-8,15,23H,9-14,16-17H2,1-2H3,(H,27,29)(H,28,30)/t23-,26+/m0/s1. The highest BCUT2D eigenvalue weighted by molar-refractivity contribution is 5.80. The minimum Gasteiger partial charge on any atom is -0.493 e. The van der Waals surface area contributed by atoms with Gasteiger partial charge in [-0.25, -0.2) is 0 Å². The van der Waals surface area contributed by atoms with Crippen LogP contribution in [0.4, 0.5) is 0 Å². The van der Waals surface area contributed by atoms with Crippen molar-refractivity contribution >= 4 is 11.8 Å². The van der Waals surface area contributed by atoms with E-state index in [1.807, 2.05) is 30.3 Å². The van der Waals surface area contributed by atoms with E-state index in [2.05, 4.69) is 22.8 Å². The van der Waals surface area contributed by atoms with Crippen molar-refractivity contribution in [3.8, 4) is 11.5 Å². The third-order valence-corrected chi connectivity index (χ3v) is 6.63. The third-order valence-electron chi connectivity index (χ3n) is 6.63. The first-order valence-corrected chi connectivity index (χ1v) is 11.5. The summed E-state index contributed by atoms with van der Waals surface area (Å²) >= 11 is 0. The molecule has 0 aromatic heterocycles. The number of amides is 2. The van der Waals surface area contributed by atoms with E-state index < -0.39 is 5.54 Å². The average molecular weight is 453 g/mol. The number of nitrogens with one attached hydrogen (secondary N) is 2. The number of hydrogen-bond acceptors (Lipinski definition) is 5. The zero-order valence-electron chi connectivity index (χ0n) is 19.3. The van der Waals surface area contributed by atoms with Crippen molar-refractivity contribution in [2.75, 3.05) is 27.4 Å². The molecule has 2 heterocycles. The summed E-state index contributed by atoms with van der Waals surface area (Å²) < 4.78 is 16.6. The minimum atomic E-state index is -0.442. The van der Waals surface area contributed by atoms with E-state index >= 15 is 0 Å². The molecule has 176 valence electrons. The van der Waals surface area contributed by atoms with Crippen molar-refractivity contribution in [1.29, 1.82) is 0 Å². The Morgan fingerprint density at radius 2 is 1.97 bits per heavy atom. The number of ether oxygens (including phenoxy) is 3. The molecule has 2 aliphatic rings. The van der Waals surface area contributed by atoms with Crippen LogP contribution < -0.4 is 20.1 Å². The first-order chi connectivity index (χ1) is 16.0. The van der Waals surface area contributed by atoms with Gasteiger partial charge in [0.15, 0.2) is 11.5 Å². The molecule has 0 saturated carbocycles. The van der Waals surface area contributed by atoms with Gasteiger partial charge in [0, 0.05) is 24.9 Å². The molecule has 4 rings (SSSR count). The smallest absolute Gasteiger partial charge is 0.220 e. The SMILES string of the molecule is COc1ccc(C[C@@]2(CCC(=O)NC[C@@H]3OCCc4ccccc43)CCC(=O)N2)cc1OC. The van der Waals surface area contributed by atoms with Gasteiger partial charge in [0.2, 0.25) is 11.8 Å². The van der Waals surface area contributed by atoms with E-state index in [4.69, 9.17) is 14.2 Å². The molecule has 1 fully saturated rings. The van der Waals surface area contributed by atoms with Crippen molar-refractivity contribution in [2.45, 2.75) is 50.2 Å². The lowest BCUT2D eigenvalue weighted by Gasteiger charge is -2.30. The van der Waals surface area contributed by atoms with Crippen LogP contribution in [0.15, 0.2) is 42.5 Å². The number of rotatable bonds is 9. The molecule has 7 heteroatoms. The molecular weight excluding hydrogens is 420 g/mol. The fourth-order valence-electron chi connectivity index (χ4n) is 4.86. The number of fused-ring (bicyclic) bond motifs is 1. The molecule has 33 heavy (non-hydrogen) atoms. The molecule has 0 radical (unpaired) electrons. The summed E-state index contributed by atoms with van der Waals surface area (Å²) in [5.74, 6) is 1.31. The van der Waals surface area contributed by atoms with Crippen LogP contribution in [0.1, 0.15) is 48.5 Å². The summed E-state index contributed by atoms with van der Waals surface area (Å²) in [5, 5.41) is 6.17. The van der Waals surface area contributed by atoms with Crippen LogP contribution in [0.25, 0.3) is 0 Å². The first kappa shape index (κ1) is 23.1. The normalized spacial score (nSPS) is 21.8. The van der Waals surface area contributed by atoms with Crippen LogP contribution in [0.3, 0.4) is 0 Å². The van der Waals surface area contributed by atoms with E-state index in [0.29, 0.717) is 56.8 Å². The fraction of sp³-hybridized carbons (Fsp3) is 0.462. The summed E-state index contributed by atoms with van der Waals surface area (Å²) in [6, 6.07) is 14.0. The molecule has 0 spiro atoms. The van der Waals surface area contributed by atoms with Gasteiger partial charge in [-0.3, -0.25) is 9.59 Å². The Labute approximate surface area is 194 Å². The molecule has 2 amide bonds. The van der Waals surface area contributed by atoms with Gasteiger partial charge in [0.25, 0.3) is 0 Å². The predicted octanol–water partition coefficient (Wildman–Crippen LogP) is 3.11. The van der Waals surface area contributed by atoms with Gasteiger partial charge in [-0.15, -0.1) is 0 Å². The van der Waals surface area contributed by atoms with Crippen LogP contribution in [0, 0.1) is 0 Å². The molecule has 2 atom stereocenters. The number of carbonyl (C=O) groups is 2. The molecule has 0 aliphatic carbocycles. The van der Waals surface area contributed by atoms with Gasteiger partial charge < -0.3 is 24.8 Å². The van der Waals surface area contributed by atoms with Gasteiger partial charge in [-0.2, -0.15) is 0 Å². The Bertz CT molecular complexity index is 1010. The summed E-state index contributed by atoms with van der Waals surface area (Å²) in [4.78, 5) is 24.8. The largest absolute Gasteiger partial charge is 0.493 e. The fourth-order valence-corrected chi connectivity index (χ4v) is 4.86. The Morgan fingerprint density at radius 3 is 2.73 bits per heavy atom. The van der Waals surface area contributed by atoms with Crippen molar-refractivity contribution in [1.82, 2.24) is 10.6 Å². The van der Waals surface area contributed by atoms with E-state index in [9.17, 15) is 9.59 Å². The Hall–Kier alpha value is -3.06. The zero-order valence-corrected chi connectivity index (χ0v) is 19.3. The van der Waals surface area contributed by atoms with Crippen LogP contribution in [0.2, 0.25) is 0 Å². The Morgan fingerprint density at radius 1 is 1.15 bits per heavy atom. The topological polar surface area (TPSA) is 85.9 Å². The number of benzene rings is 2. The average Bonchev–Trinajstić information content (AvgIpc) is 3.21. The second-order valence-electron chi connectivity index (χ2n) is 8.81. The van der Waals surface area contributed by atoms with Crippen LogP contribution in [0.5, 0.6) is 11.5 Å². The molecule has 1 saturated heterocycles. The number of hydrogen-bond donors (Lipinski definition) is 2. The van der Waals surface area contributed by atoms with E-state index in [1.165, 1.54) is 5.56 Å². The number of methoxy groups -OCH3 is 2. The van der Waals surface area contributed by atoms with Crippen molar-refractivity contribution in [2.24, 2.45) is 0 Å². The first-order valence-electron chi connectivity index (χ1n) is 11.5. The molecule has 7 nitrogen and oxygen atoms in total. The Kier molecular flexibility index (Phi) is 7.18. The van der Waals surface area contributed by atoms with Crippen LogP contribution >= 0.6 is 0 Å². The summed E-state index contributed by atoms with van der Waals surface area (Å²) in [6.45, 7) is 1.11. The van der Waals surface area contributed by atoms with Gasteiger partial charge >= 0.3 is 0 Å². The van der Waals surface area contributed by atoms with Gasteiger partial charge in [-0.1, -0.05) is 30.3 Å². The zero-order chi connectivity index (χ0) is 23.3. The highest BCUT2D eigenvalue weighted by atomic mass is 16.5. The lowest BCUT2D eigenvalue weighted by atomic mass is 9.85. The monoisotopic (exact) mass is 452 g/mol. The maximum absolute atomic E-state index is 12.7. The van der Waals surface area contributed by atoms with Crippen molar-refractivity contribution in [3.63, 3.8) is 0 Å². The highest BCUT2D eigenvalue weighted by Crippen LogP contribution is 2.33. The van der Waals surface area contributed by atoms with Gasteiger partial charge in [0.05, 0.1) is 20.8 Å². The van der Waals surface area contributed by atoms with E-state index in [0.717, 1.165) is 17.5 Å². The summed E-state index contributed by atoms with van der Waals surface area (Å²) in [7, 11) is 3.21. The summed E-state index contributed by atoms with van der Waals surface area (Å²) in [6.07, 6.45) is 3.49. The molecular formula is C26H32N2O5. The molecule has 2 aliphatic heterocycles. The number of carbonyl (C=O) groups excluding carboxylic acids is 2. The molecule has 2 aromatic rings. The predicted molar refractivity (Wildman–Crippen MR) is 124 cm³/mol. The third kappa shape index (κ3) is 5.47. The quantitative estimate of drug-likeness (QED) is 0.611. The van der Waals surface area contributed by atoms with Crippen LogP contribution in [-0.4, -0.2) is 44.7 Å². The minimum absolute atomic E-state index is 0.0306. The van der Waals surface area contributed by atoms with Crippen molar-refractivity contribution < 1.29 is 23.8 Å². The molecule has 0 bridgehead atoms. The van der Waals surface area contributed by atoms with Crippen molar-refractivity contribution in [3.05, 3.63) is 59.2 Å². The van der Waals surface area contributed by atoms with Crippen LogP contribution in [-0.2, 0) is 27.2 Å². The van der Waals surface area contributed by atoms with Gasteiger partial charge in [0.1, 0.15) is 6.10 Å². The van der Waals surface area contributed by atoms with Gasteiger partial charge in [-0.05, 0) is 54.5 Å². The maximum Gasteiger partial charge on any atom is 0.220 e. The molecule has 2 N–H and O–H groups in total. The maximum atomic E-state index is 12.7. The Balaban J connectivity index is 1.36.